The molecule has 0 bridgehead atoms. The Morgan fingerprint density at radius 2 is 2.15 bits per heavy atom. The molecule has 1 aliphatic rings. The topological polar surface area (TPSA) is 71.7 Å². The minimum atomic E-state index is -3.75. The molecule has 2 heterocycles. The van der Waals surface area contributed by atoms with Crippen LogP contribution in [0.4, 0.5) is 0 Å². The standard InChI is InChI=1S/C17H20ClN3O3S2/c1-12-4-3-7-21(11-12)26(23,24)15-10-13(5-6-14(15)18)16(22)19-17-20(2)8-9-25-17/h5-6,8-10,12H,3-4,7,11H2,1-2H3. The van der Waals surface area contributed by atoms with Crippen LogP contribution in [-0.2, 0) is 17.1 Å². The number of nitrogens with zero attached hydrogens (tertiary/aromatic N) is 3. The predicted octanol–water partition coefficient (Wildman–Crippen LogP) is 2.90. The highest BCUT2D eigenvalue weighted by Gasteiger charge is 2.30. The van der Waals surface area contributed by atoms with Crippen molar-refractivity contribution < 1.29 is 13.2 Å². The highest BCUT2D eigenvalue weighted by atomic mass is 35.5. The maximum Gasteiger partial charge on any atom is 0.279 e. The zero-order valence-corrected chi connectivity index (χ0v) is 16.9. The van der Waals surface area contributed by atoms with Gasteiger partial charge in [-0.3, -0.25) is 4.79 Å². The molecule has 0 radical (unpaired) electrons. The molecular weight excluding hydrogens is 394 g/mol. The normalized spacial score (nSPS) is 19.7. The van der Waals surface area contributed by atoms with Crippen LogP contribution in [0.2, 0.25) is 5.02 Å². The van der Waals surface area contributed by atoms with Crippen LogP contribution >= 0.6 is 22.9 Å². The van der Waals surface area contributed by atoms with Gasteiger partial charge in [-0.05, 0) is 37.0 Å². The van der Waals surface area contributed by atoms with Gasteiger partial charge < -0.3 is 4.57 Å². The number of hydrogen-bond acceptors (Lipinski definition) is 4. The summed E-state index contributed by atoms with van der Waals surface area (Å²) in [6.07, 6.45) is 3.63. The van der Waals surface area contributed by atoms with Crippen molar-refractivity contribution in [3.8, 4) is 0 Å². The predicted molar refractivity (Wildman–Crippen MR) is 102 cm³/mol. The number of carbonyl (C=O) groups excluding carboxylic acids is 1. The molecule has 2 aromatic rings. The number of hydrogen-bond donors (Lipinski definition) is 0. The highest BCUT2D eigenvalue weighted by molar-refractivity contribution is 7.89. The van der Waals surface area contributed by atoms with Crippen molar-refractivity contribution in [3.05, 3.63) is 45.2 Å². The summed E-state index contributed by atoms with van der Waals surface area (Å²) in [6.45, 7) is 2.96. The molecule has 1 unspecified atom stereocenters. The zero-order valence-electron chi connectivity index (χ0n) is 14.6. The van der Waals surface area contributed by atoms with Gasteiger partial charge in [0.2, 0.25) is 10.0 Å². The quantitative estimate of drug-likeness (QED) is 0.776. The first-order chi connectivity index (χ1) is 12.3. The van der Waals surface area contributed by atoms with Crippen LogP contribution in [-0.4, -0.2) is 36.3 Å². The Morgan fingerprint density at radius 1 is 1.38 bits per heavy atom. The van der Waals surface area contributed by atoms with Gasteiger partial charge in [-0.2, -0.15) is 9.30 Å². The van der Waals surface area contributed by atoms with E-state index in [9.17, 15) is 13.2 Å². The third-order valence-corrected chi connectivity index (χ3v) is 7.57. The largest absolute Gasteiger partial charge is 0.327 e. The second-order valence-electron chi connectivity index (χ2n) is 6.47. The first-order valence-corrected chi connectivity index (χ1v) is 11.0. The van der Waals surface area contributed by atoms with Gasteiger partial charge in [0.05, 0.1) is 5.02 Å². The Balaban J connectivity index is 1.98. The van der Waals surface area contributed by atoms with Crippen LogP contribution in [0.25, 0.3) is 0 Å². The highest BCUT2D eigenvalue weighted by Crippen LogP contribution is 2.29. The van der Waals surface area contributed by atoms with Crippen LogP contribution in [0.15, 0.2) is 39.7 Å². The molecule has 1 aromatic carbocycles. The van der Waals surface area contributed by atoms with Gasteiger partial charge in [-0.25, -0.2) is 8.42 Å². The molecule has 0 saturated carbocycles. The number of sulfonamides is 1. The van der Waals surface area contributed by atoms with Gasteiger partial charge in [-0.15, -0.1) is 11.3 Å². The first kappa shape index (κ1) is 19.3. The summed E-state index contributed by atoms with van der Waals surface area (Å²) in [4.78, 5) is 17.0. The minimum Gasteiger partial charge on any atom is -0.327 e. The molecule has 26 heavy (non-hydrogen) atoms. The van der Waals surface area contributed by atoms with E-state index in [0.29, 0.717) is 23.8 Å². The molecule has 1 aliphatic heterocycles. The fourth-order valence-electron chi connectivity index (χ4n) is 2.92. The fourth-order valence-corrected chi connectivity index (χ4v) is 5.75. The molecule has 1 atom stereocenters. The third kappa shape index (κ3) is 3.93. The summed E-state index contributed by atoms with van der Waals surface area (Å²) in [5.41, 5.74) is 0.200. The van der Waals surface area contributed by atoms with Gasteiger partial charge in [-0.1, -0.05) is 18.5 Å². The lowest BCUT2D eigenvalue weighted by Crippen LogP contribution is -2.39. The smallest absolute Gasteiger partial charge is 0.279 e. The number of thiazole rings is 1. The van der Waals surface area contributed by atoms with Gasteiger partial charge in [0.25, 0.3) is 5.91 Å². The van der Waals surface area contributed by atoms with E-state index in [1.54, 1.807) is 17.8 Å². The number of piperidine rings is 1. The molecule has 0 spiro atoms. The average Bonchev–Trinajstić information content (AvgIpc) is 3.00. The van der Waals surface area contributed by atoms with Crippen LogP contribution in [0.5, 0.6) is 0 Å². The Hall–Kier alpha value is -1.48. The second kappa shape index (κ2) is 7.64. The second-order valence-corrected chi connectivity index (χ2v) is 9.66. The summed E-state index contributed by atoms with van der Waals surface area (Å²) in [5, 5.41) is 1.93. The number of amides is 1. The van der Waals surface area contributed by atoms with Crippen molar-refractivity contribution in [2.45, 2.75) is 24.7 Å². The van der Waals surface area contributed by atoms with E-state index in [-0.39, 0.29) is 15.5 Å². The number of aromatic nitrogens is 1. The number of aryl methyl sites for hydroxylation is 1. The summed E-state index contributed by atoms with van der Waals surface area (Å²) < 4.78 is 29.2. The van der Waals surface area contributed by atoms with Crippen molar-refractivity contribution in [3.63, 3.8) is 0 Å². The number of halogens is 1. The van der Waals surface area contributed by atoms with Crippen LogP contribution in [0.3, 0.4) is 0 Å². The van der Waals surface area contributed by atoms with Gasteiger partial charge >= 0.3 is 0 Å². The molecule has 3 rings (SSSR count). The van der Waals surface area contributed by atoms with Gasteiger partial charge in [0, 0.05) is 37.3 Å². The van der Waals surface area contributed by atoms with Crippen molar-refractivity contribution >= 4 is 38.9 Å². The summed E-state index contributed by atoms with van der Waals surface area (Å²) >= 11 is 7.49. The van der Waals surface area contributed by atoms with Crippen molar-refractivity contribution in [1.82, 2.24) is 8.87 Å². The lowest BCUT2D eigenvalue weighted by molar-refractivity contribution is 0.0997. The molecule has 0 aliphatic carbocycles. The lowest BCUT2D eigenvalue weighted by Gasteiger charge is -2.30. The molecule has 1 saturated heterocycles. The van der Waals surface area contributed by atoms with Gasteiger partial charge in [0.1, 0.15) is 4.90 Å². The molecular formula is C17H20ClN3O3S2. The molecule has 1 aromatic heterocycles. The van der Waals surface area contributed by atoms with E-state index in [0.717, 1.165) is 12.8 Å². The fraction of sp³-hybridized carbons (Fsp3) is 0.412. The van der Waals surface area contributed by atoms with E-state index in [1.807, 2.05) is 12.3 Å². The van der Waals surface area contributed by atoms with E-state index < -0.39 is 15.9 Å². The summed E-state index contributed by atoms with van der Waals surface area (Å²) in [5.74, 6) is -0.195. The van der Waals surface area contributed by atoms with Crippen molar-refractivity contribution in [2.75, 3.05) is 13.1 Å². The minimum absolute atomic E-state index is 0.0372. The van der Waals surface area contributed by atoms with Crippen molar-refractivity contribution in [2.24, 2.45) is 18.0 Å². The van der Waals surface area contributed by atoms with Crippen LogP contribution in [0, 0.1) is 5.92 Å². The Morgan fingerprint density at radius 3 is 2.81 bits per heavy atom. The number of rotatable bonds is 3. The van der Waals surface area contributed by atoms with E-state index in [1.165, 1.54) is 33.8 Å². The first-order valence-electron chi connectivity index (χ1n) is 8.28. The van der Waals surface area contributed by atoms with Crippen molar-refractivity contribution in [1.29, 1.82) is 0 Å². The number of benzene rings is 1. The maximum atomic E-state index is 13.0. The Labute approximate surface area is 161 Å². The summed E-state index contributed by atoms with van der Waals surface area (Å²) in [6, 6.07) is 4.27. The molecule has 9 heteroatoms. The van der Waals surface area contributed by atoms with Gasteiger partial charge in [0.15, 0.2) is 4.80 Å². The maximum absolute atomic E-state index is 13.0. The molecule has 140 valence electrons. The van der Waals surface area contributed by atoms with E-state index in [4.69, 9.17) is 11.6 Å². The van der Waals surface area contributed by atoms with Crippen LogP contribution in [0.1, 0.15) is 30.1 Å². The van der Waals surface area contributed by atoms with Crippen LogP contribution < -0.4 is 4.80 Å². The monoisotopic (exact) mass is 413 g/mol. The third-order valence-electron chi connectivity index (χ3n) is 4.37. The Kier molecular flexibility index (Phi) is 5.67. The molecule has 6 nitrogen and oxygen atoms in total. The summed E-state index contributed by atoms with van der Waals surface area (Å²) in [7, 11) is -1.96. The number of carbonyl (C=O) groups is 1. The van der Waals surface area contributed by atoms with E-state index >= 15 is 0 Å². The molecule has 1 fully saturated rings. The molecule has 0 N–H and O–H groups in total. The Bertz CT molecular complexity index is 995. The SMILES string of the molecule is CC1CCCN(S(=O)(=O)c2cc(C(=O)N=c3sccn3C)ccc2Cl)C1. The average molecular weight is 414 g/mol. The van der Waals surface area contributed by atoms with E-state index in [2.05, 4.69) is 4.99 Å². The lowest BCUT2D eigenvalue weighted by atomic mass is 10.0. The molecule has 1 amide bonds. The zero-order chi connectivity index (χ0) is 18.9.